The van der Waals surface area contributed by atoms with Gasteiger partial charge < -0.3 is 19.3 Å². The SMILES string of the molecule is C/C=C(\CC)CC[C@@H](O)[C@]1(C)CC[C@@]2(CC=C[C@]3(CCCCO3)O2)O1. The van der Waals surface area contributed by atoms with E-state index in [1.807, 2.05) is 6.92 Å². The second kappa shape index (κ2) is 7.51. The predicted octanol–water partition coefficient (Wildman–Crippen LogP) is 4.62. The van der Waals surface area contributed by atoms with E-state index in [-0.39, 0.29) is 0 Å². The summed E-state index contributed by atoms with van der Waals surface area (Å²) in [6.07, 6.45) is 14.0. The van der Waals surface area contributed by atoms with Gasteiger partial charge in [-0.05, 0) is 58.4 Å². The van der Waals surface area contributed by atoms with Crippen molar-refractivity contribution in [3.05, 3.63) is 23.8 Å². The fraction of sp³-hybridized carbons (Fsp3) is 0.810. The molecule has 0 saturated carbocycles. The second-order valence-corrected chi connectivity index (χ2v) is 8.01. The van der Waals surface area contributed by atoms with Crippen LogP contribution in [0, 0.1) is 0 Å². The molecule has 4 heteroatoms. The molecule has 0 aromatic carbocycles. The van der Waals surface area contributed by atoms with Crippen LogP contribution in [0.1, 0.15) is 78.6 Å². The Hall–Kier alpha value is -0.680. The van der Waals surface area contributed by atoms with Gasteiger partial charge in [-0.1, -0.05) is 24.6 Å². The molecular formula is C21H34O4. The Labute approximate surface area is 152 Å². The molecule has 3 heterocycles. The Kier molecular flexibility index (Phi) is 5.74. The summed E-state index contributed by atoms with van der Waals surface area (Å²) < 4.78 is 18.8. The number of hydrogen-bond donors (Lipinski definition) is 1. The summed E-state index contributed by atoms with van der Waals surface area (Å²) in [4.78, 5) is 0. The topological polar surface area (TPSA) is 47.9 Å². The second-order valence-electron chi connectivity index (χ2n) is 8.01. The van der Waals surface area contributed by atoms with E-state index in [1.165, 1.54) is 5.57 Å². The van der Waals surface area contributed by atoms with Crippen molar-refractivity contribution in [1.82, 2.24) is 0 Å². The highest BCUT2D eigenvalue weighted by Gasteiger charge is 2.55. The first-order chi connectivity index (χ1) is 11.9. The van der Waals surface area contributed by atoms with E-state index in [4.69, 9.17) is 14.2 Å². The zero-order valence-corrected chi connectivity index (χ0v) is 16.1. The van der Waals surface area contributed by atoms with Crippen LogP contribution in [0.5, 0.6) is 0 Å². The average molecular weight is 350 g/mol. The van der Waals surface area contributed by atoms with Crippen molar-refractivity contribution in [1.29, 1.82) is 0 Å². The van der Waals surface area contributed by atoms with Crippen LogP contribution in [0.15, 0.2) is 23.8 Å². The van der Waals surface area contributed by atoms with Crippen LogP contribution in [0.3, 0.4) is 0 Å². The fourth-order valence-electron chi connectivity index (χ4n) is 4.38. The van der Waals surface area contributed by atoms with Gasteiger partial charge in [0.2, 0.25) is 0 Å². The molecule has 142 valence electrons. The molecule has 0 bridgehead atoms. The van der Waals surface area contributed by atoms with Crippen LogP contribution in [0.2, 0.25) is 0 Å². The fourth-order valence-corrected chi connectivity index (χ4v) is 4.38. The van der Waals surface area contributed by atoms with Gasteiger partial charge in [-0.25, -0.2) is 0 Å². The molecule has 2 saturated heterocycles. The van der Waals surface area contributed by atoms with Gasteiger partial charge in [0.1, 0.15) is 0 Å². The van der Waals surface area contributed by atoms with Crippen molar-refractivity contribution in [2.75, 3.05) is 6.61 Å². The first-order valence-corrected chi connectivity index (χ1v) is 9.99. The number of ether oxygens (including phenoxy) is 3. The van der Waals surface area contributed by atoms with Gasteiger partial charge in [0.05, 0.1) is 18.3 Å². The average Bonchev–Trinajstić information content (AvgIpc) is 2.93. The van der Waals surface area contributed by atoms with Gasteiger partial charge in [-0.15, -0.1) is 0 Å². The monoisotopic (exact) mass is 350 g/mol. The van der Waals surface area contributed by atoms with Gasteiger partial charge in [0, 0.05) is 19.3 Å². The summed E-state index contributed by atoms with van der Waals surface area (Å²) in [5, 5.41) is 10.8. The largest absolute Gasteiger partial charge is 0.390 e. The first-order valence-electron chi connectivity index (χ1n) is 9.99. The molecule has 3 aliphatic heterocycles. The van der Waals surface area contributed by atoms with Gasteiger partial charge in [0.15, 0.2) is 11.6 Å². The Bertz CT molecular complexity index is 520. The van der Waals surface area contributed by atoms with E-state index in [1.54, 1.807) is 0 Å². The van der Waals surface area contributed by atoms with E-state index in [9.17, 15) is 5.11 Å². The Morgan fingerprint density at radius 2 is 2.08 bits per heavy atom. The van der Waals surface area contributed by atoms with Crippen molar-refractivity contribution < 1.29 is 19.3 Å². The van der Waals surface area contributed by atoms with Gasteiger partial charge >= 0.3 is 0 Å². The quantitative estimate of drug-likeness (QED) is 0.735. The molecular weight excluding hydrogens is 316 g/mol. The number of rotatable bonds is 5. The van der Waals surface area contributed by atoms with Crippen molar-refractivity contribution in [2.24, 2.45) is 0 Å². The third-order valence-corrected chi connectivity index (χ3v) is 6.15. The zero-order valence-electron chi connectivity index (χ0n) is 16.1. The van der Waals surface area contributed by atoms with E-state index >= 15 is 0 Å². The number of aliphatic hydroxyl groups is 1. The lowest BCUT2D eigenvalue weighted by Crippen LogP contribution is -2.51. The number of hydrogen-bond acceptors (Lipinski definition) is 4. The molecule has 3 rings (SSSR count). The predicted molar refractivity (Wildman–Crippen MR) is 98.1 cm³/mol. The minimum atomic E-state index is -0.643. The Morgan fingerprint density at radius 1 is 1.24 bits per heavy atom. The van der Waals surface area contributed by atoms with Crippen LogP contribution in [0.4, 0.5) is 0 Å². The highest BCUT2D eigenvalue weighted by Crippen LogP contribution is 2.49. The Balaban J connectivity index is 1.64. The number of allylic oxidation sites excluding steroid dienone is 2. The van der Waals surface area contributed by atoms with Crippen LogP contribution in [-0.2, 0) is 14.2 Å². The molecule has 2 fully saturated rings. The molecule has 1 N–H and O–H groups in total. The molecule has 2 spiro atoms. The summed E-state index contributed by atoms with van der Waals surface area (Å²) in [5.74, 6) is -1.26. The van der Waals surface area contributed by atoms with E-state index < -0.39 is 23.3 Å². The van der Waals surface area contributed by atoms with Crippen molar-refractivity contribution in [2.45, 2.75) is 102 Å². The Morgan fingerprint density at radius 3 is 2.76 bits per heavy atom. The third-order valence-electron chi connectivity index (χ3n) is 6.15. The van der Waals surface area contributed by atoms with E-state index in [0.29, 0.717) is 0 Å². The zero-order chi connectivity index (χ0) is 18.0. The number of aliphatic hydroxyl groups excluding tert-OH is 1. The smallest absolute Gasteiger partial charge is 0.191 e. The lowest BCUT2D eigenvalue weighted by atomic mass is 9.90. The summed E-state index contributed by atoms with van der Waals surface area (Å²) in [5.41, 5.74) is 0.843. The standard InChI is InChI=1S/C21H34O4/c1-4-17(5-2)9-10-18(22)19(3)14-15-21(24-19)13-8-12-20(25-21)11-6-7-16-23-20/h4,8,12,18,22H,5-7,9-11,13-16H2,1-3H3/b17-4+/t18-,19+,20+,21+/m1/s1. The van der Waals surface area contributed by atoms with Crippen molar-refractivity contribution >= 4 is 0 Å². The van der Waals surface area contributed by atoms with Crippen LogP contribution in [-0.4, -0.2) is 35.0 Å². The maximum absolute atomic E-state index is 10.8. The summed E-state index contributed by atoms with van der Waals surface area (Å²) >= 11 is 0. The summed E-state index contributed by atoms with van der Waals surface area (Å²) in [6.45, 7) is 7.00. The molecule has 0 aromatic heterocycles. The lowest BCUT2D eigenvalue weighted by molar-refractivity contribution is -0.361. The van der Waals surface area contributed by atoms with E-state index in [2.05, 4.69) is 32.1 Å². The third kappa shape index (κ3) is 4.02. The minimum absolute atomic E-state index is 0.480. The molecule has 0 aliphatic carbocycles. The maximum atomic E-state index is 10.8. The summed E-state index contributed by atoms with van der Waals surface area (Å²) in [6, 6.07) is 0. The molecule has 4 atom stereocenters. The maximum Gasteiger partial charge on any atom is 0.191 e. The van der Waals surface area contributed by atoms with Crippen molar-refractivity contribution in [3.63, 3.8) is 0 Å². The highest BCUT2D eigenvalue weighted by molar-refractivity contribution is 5.09. The van der Waals surface area contributed by atoms with Crippen LogP contribution >= 0.6 is 0 Å². The van der Waals surface area contributed by atoms with Crippen LogP contribution < -0.4 is 0 Å². The highest BCUT2D eigenvalue weighted by atomic mass is 16.8. The molecule has 3 aliphatic rings. The van der Waals surface area contributed by atoms with Crippen LogP contribution in [0.25, 0.3) is 0 Å². The van der Waals surface area contributed by atoms with Gasteiger partial charge in [-0.2, -0.15) is 0 Å². The van der Waals surface area contributed by atoms with Crippen molar-refractivity contribution in [3.8, 4) is 0 Å². The first kappa shape index (κ1) is 19.1. The molecule has 0 amide bonds. The lowest BCUT2D eigenvalue weighted by Gasteiger charge is -2.45. The molecule has 0 unspecified atom stereocenters. The molecule has 4 nitrogen and oxygen atoms in total. The summed E-state index contributed by atoms with van der Waals surface area (Å²) in [7, 11) is 0. The van der Waals surface area contributed by atoms with E-state index in [0.717, 1.165) is 64.4 Å². The molecule has 0 radical (unpaired) electrons. The molecule has 0 aromatic rings. The molecule has 25 heavy (non-hydrogen) atoms. The van der Waals surface area contributed by atoms with Gasteiger partial charge in [0.25, 0.3) is 0 Å². The normalized spacial score (nSPS) is 40.1. The minimum Gasteiger partial charge on any atom is -0.390 e. The van der Waals surface area contributed by atoms with Gasteiger partial charge in [-0.3, -0.25) is 0 Å².